The number of hydrogen-bond donors (Lipinski definition) is 1. The zero-order valence-corrected chi connectivity index (χ0v) is 9.65. The number of hydrogen-bond acceptors (Lipinski definition) is 3. The normalized spacial score (nSPS) is 16.7. The van der Waals surface area contributed by atoms with E-state index in [-0.39, 0.29) is 0 Å². The SMILES string of the molecule is N#Cc1csc(CNCC2CCCC2)c1. The van der Waals surface area contributed by atoms with Crippen LogP contribution in [0.3, 0.4) is 0 Å². The molecule has 0 amide bonds. The Morgan fingerprint density at radius 3 is 2.93 bits per heavy atom. The van der Waals surface area contributed by atoms with Crippen LogP contribution >= 0.6 is 11.3 Å². The van der Waals surface area contributed by atoms with E-state index in [4.69, 9.17) is 5.26 Å². The first-order chi connectivity index (χ1) is 7.38. The highest BCUT2D eigenvalue weighted by Crippen LogP contribution is 2.24. The molecule has 1 aliphatic carbocycles. The predicted molar refractivity (Wildman–Crippen MR) is 62.7 cm³/mol. The smallest absolute Gasteiger partial charge is 0.100 e. The van der Waals surface area contributed by atoms with Crippen molar-refractivity contribution in [2.24, 2.45) is 5.92 Å². The Morgan fingerprint density at radius 1 is 1.47 bits per heavy atom. The van der Waals surface area contributed by atoms with E-state index in [1.54, 1.807) is 11.3 Å². The summed E-state index contributed by atoms with van der Waals surface area (Å²) in [5.74, 6) is 0.889. The molecular formula is C12H16N2S. The lowest BCUT2D eigenvalue weighted by molar-refractivity contribution is 0.491. The van der Waals surface area contributed by atoms with Gasteiger partial charge in [0.1, 0.15) is 6.07 Å². The summed E-state index contributed by atoms with van der Waals surface area (Å²) in [6.07, 6.45) is 5.59. The van der Waals surface area contributed by atoms with Crippen LogP contribution in [0.4, 0.5) is 0 Å². The van der Waals surface area contributed by atoms with Crippen LogP contribution in [0, 0.1) is 17.2 Å². The lowest BCUT2D eigenvalue weighted by Gasteiger charge is -2.09. The first-order valence-corrected chi connectivity index (χ1v) is 6.44. The lowest BCUT2D eigenvalue weighted by atomic mass is 10.1. The molecule has 0 aromatic carbocycles. The van der Waals surface area contributed by atoms with Gasteiger partial charge in [-0.3, -0.25) is 0 Å². The molecule has 1 aliphatic rings. The molecular weight excluding hydrogens is 204 g/mol. The first kappa shape index (κ1) is 10.7. The lowest BCUT2D eigenvalue weighted by Crippen LogP contribution is -2.20. The largest absolute Gasteiger partial charge is 0.312 e. The number of rotatable bonds is 4. The second kappa shape index (κ2) is 5.29. The quantitative estimate of drug-likeness (QED) is 0.847. The maximum atomic E-state index is 8.69. The van der Waals surface area contributed by atoms with Gasteiger partial charge in [-0.2, -0.15) is 5.26 Å². The van der Waals surface area contributed by atoms with E-state index in [1.165, 1.54) is 30.6 Å². The zero-order chi connectivity index (χ0) is 10.5. The Kier molecular flexibility index (Phi) is 3.76. The van der Waals surface area contributed by atoms with Crippen molar-refractivity contribution >= 4 is 11.3 Å². The molecule has 0 spiro atoms. The molecule has 3 heteroatoms. The van der Waals surface area contributed by atoms with Crippen molar-refractivity contribution in [2.45, 2.75) is 32.2 Å². The third kappa shape index (κ3) is 3.05. The van der Waals surface area contributed by atoms with Crippen molar-refractivity contribution in [3.05, 3.63) is 21.9 Å². The van der Waals surface area contributed by atoms with E-state index < -0.39 is 0 Å². The number of thiophene rings is 1. The van der Waals surface area contributed by atoms with E-state index in [9.17, 15) is 0 Å². The Bertz CT molecular complexity index is 345. The Hall–Kier alpha value is -0.850. The Balaban J connectivity index is 1.71. The fourth-order valence-corrected chi connectivity index (χ4v) is 2.93. The zero-order valence-electron chi connectivity index (χ0n) is 8.83. The number of nitriles is 1. The van der Waals surface area contributed by atoms with Crippen molar-refractivity contribution in [2.75, 3.05) is 6.54 Å². The van der Waals surface area contributed by atoms with Gasteiger partial charge in [0.2, 0.25) is 0 Å². The van der Waals surface area contributed by atoms with Crippen LogP contribution in [0.25, 0.3) is 0 Å². The third-order valence-corrected chi connectivity index (χ3v) is 3.93. The second-order valence-corrected chi connectivity index (χ2v) is 5.19. The van der Waals surface area contributed by atoms with Crippen LogP contribution < -0.4 is 5.32 Å². The molecule has 1 heterocycles. The molecule has 80 valence electrons. The molecule has 1 aromatic rings. The molecule has 0 radical (unpaired) electrons. The van der Waals surface area contributed by atoms with Gasteiger partial charge in [-0.15, -0.1) is 11.3 Å². The molecule has 1 N–H and O–H groups in total. The highest BCUT2D eigenvalue weighted by Gasteiger charge is 2.13. The minimum Gasteiger partial charge on any atom is -0.312 e. The highest BCUT2D eigenvalue weighted by atomic mass is 32.1. The van der Waals surface area contributed by atoms with Crippen molar-refractivity contribution in [3.8, 4) is 6.07 Å². The van der Waals surface area contributed by atoms with Crippen LogP contribution in [0.15, 0.2) is 11.4 Å². The molecule has 1 saturated carbocycles. The summed E-state index contributed by atoms with van der Waals surface area (Å²) in [5, 5.41) is 14.1. The topological polar surface area (TPSA) is 35.8 Å². The minimum absolute atomic E-state index is 0.790. The van der Waals surface area contributed by atoms with Gasteiger partial charge in [0.15, 0.2) is 0 Å². The average molecular weight is 220 g/mol. The Morgan fingerprint density at radius 2 is 2.27 bits per heavy atom. The van der Waals surface area contributed by atoms with Gasteiger partial charge >= 0.3 is 0 Å². The highest BCUT2D eigenvalue weighted by molar-refractivity contribution is 7.10. The van der Waals surface area contributed by atoms with Gasteiger partial charge in [-0.25, -0.2) is 0 Å². The van der Waals surface area contributed by atoms with Crippen molar-refractivity contribution in [1.82, 2.24) is 5.32 Å². The van der Waals surface area contributed by atoms with E-state index in [2.05, 4.69) is 11.4 Å². The molecule has 2 rings (SSSR count). The summed E-state index contributed by atoms with van der Waals surface area (Å²) in [7, 11) is 0. The summed E-state index contributed by atoms with van der Waals surface area (Å²) in [5.41, 5.74) is 0.790. The molecule has 0 bridgehead atoms. The first-order valence-electron chi connectivity index (χ1n) is 5.56. The summed E-state index contributed by atoms with van der Waals surface area (Å²) >= 11 is 1.67. The van der Waals surface area contributed by atoms with E-state index in [0.717, 1.165) is 24.6 Å². The standard InChI is InChI=1S/C12H16N2S/c13-6-11-5-12(15-9-11)8-14-7-10-3-1-2-4-10/h5,9-10,14H,1-4,7-8H2. The van der Waals surface area contributed by atoms with Gasteiger partial charge in [-0.1, -0.05) is 12.8 Å². The van der Waals surface area contributed by atoms with Crippen molar-refractivity contribution in [3.63, 3.8) is 0 Å². The molecule has 1 fully saturated rings. The summed E-state index contributed by atoms with van der Waals surface area (Å²) in [6, 6.07) is 4.14. The molecule has 0 unspecified atom stereocenters. The van der Waals surface area contributed by atoms with E-state index >= 15 is 0 Å². The molecule has 15 heavy (non-hydrogen) atoms. The maximum Gasteiger partial charge on any atom is 0.100 e. The van der Waals surface area contributed by atoms with Crippen LogP contribution in [-0.2, 0) is 6.54 Å². The van der Waals surface area contributed by atoms with Gasteiger partial charge < -0.3 is 5.32 Å². The van der Waals surface area contributed by atoms with Crippen LogP contribution in [0.1, 0.15) is 36.1 Å². The van der Waals surface area contributed by atoms with Gasteiger partial charge in [0.05, 0.1) is 5.56 Å². The van der Waals surface area contributed by atoms with Crippen molar-refractivity contribution < 1.29 is 0 Å². The number of nitrogens with one attached hydrogen (secondary N) is 1. The van der Waals surface area contributed by atoms with Crippen molar-refractivity contribution in [1.29, 1.82) is 5.26 Å². The summed E-state index contributed by atoms with van der Waals surface area (Å²) in [4.78, 5) is 1.27. The molecule has 0 saturated heterocycles. The predicted octanol–water partition coefficient (Wildman–Crippen LogP) is 2.90. The number of nitrogens with zero attached hydrogens (tertiary/aromatic N) is 1. The fourth-order valence-electron chi connectivity index (χ4n) is 2.15. The monoisotopic (exact) mass is 220 g/mol. The summed E-state index contributed by atoms with van der Waals surface area (Å²) in [6.45, 7) is 2.06. The van der Waals surface area contributed by atoms with Gasteiger partial charge in [-0.05, 0) is 31.4 Å². The molecule has 2 nitrogen and oxygen atoms in total. The minimum atomic E-state index is 0.790. The third-order valence-electron chi connectivity index (χ3n) is 2.99. The molecule has 1 aromatic heterocycles. The fraction of sp³-hybridized carbons (Fsp3) is 0.583. The van der Waals surface area contributed by atoms with Gasteiger partial charge in [0, 0.05) is 16.8 Å². The molecule has 0 atom stereocenters. The Labute approximate surface area is 94.9 Å². The van der Waals surface area contributed by atoms with E-state index in [0.29, 0.717) is 0 Å². The summed E-state index contributed by atoms with van der Waals surface area (Å²) < 4.78 is 0. The maximum absolute atomic E-state index is 8.69. The second-order valence-electron chi connectivity index (χ2n) is 4.19. The van der Waals surface area contributed by atoms with Crippen LogP contribution in [-0.4, -0.2) is 6.54 Å². The van der Waals surface area contributed by atoms with Crippen LogP contribution in [0.2, 0.25) is 0 Å². The average Bonchev–Trinajstić information content (AvgIpc) is 2.88. The van der Waals surface area contributed by atoms with Gasteiger partial charge in [0.25, 0.3) is 0 Å². The van der Waals surface area contributed by atoms with E-state index in [1.807, 2.05) is 11.4 Å². The molecule has 0 aliphatic heterocycles. The van der Waals surface area contributed by atoms with Crippen LogP contribution in [0.5, 0.6) is 0 Å².